The molecule has 0 unspecified atom stereocenters. The molecule has 11 heteroatoms. The van der Waals surface area contributed by atoms with Gasteiger partial charge in [0.05, 0.1) is 14.2 Å². The van der Waals surface area contributed by atoms with Gasteiger partial charge >= 0.3 is 16.2 Å². The van der Waals surface area contributed by atoms with Gasteiger partial charge in [0.2, 0.25) is 0 Å². The fraction of sp³-hybridized carbons (Fsp3) is 0.333. The molecule has 2 spiro atoms. The third-order valence-corrected chi connectivity index (χ3v) is 16.9. The van der Waals surface area contributed by atoms with E-state index in [-0.39, 0.29) is 0 Å². The average Bonchev–Trinajstić information content (AvgIpc) is 3.46. The van der Waals surface area contributed by atoms with Gasteiger partial charge in [0.1, 0.15) is 16.4 Å². The Balaban J connectivity index is 1.42. The summed E-state index contributed by atoms with van der Waals surface area (Å²) >= 11 is 0. The van der Waals surface area contributed by atoms with Crippen LogP contribution in [0.15, 0.2) is 72.8 Å². The maximum Gasteiger partial charge on any atom is 0.682 e. The second-order valence-electron chi connectivity index (χ2n) is 18.0. The predicted octanol–water partition coefficient (Wildman–Crippen LogP) is 15.5. The second-order valence-corrected chi connectivity index (χ2v) is 21.9. The molecule has 0 aliphatic carbocycles. The van der Waals surface area contributed by atoms with Crippen LogP contribution in [0.2, 0.25) is 0 Å². The van der Waals surface area contributed by atoms with Crippen LogP contribution < -0.4 is 41.5 Å². The highest BCUT2D eigenvalue weighted by Gasteiger charge is 2.73. The summed E-state index contributed by atoms with van der Waals surface area (Å²) < 4.78 is 57.9. The highest BCUT2D eigenvalue weighted by molar-refractivity contribution is 7.76. The second kappa shape index (κ2) is 17.4. The van der Waals surface area contributed by atoms with E-state index in [1.54, 1.807) is 14.2 Å². The predicted molar refractivity (Wildman–Crippen MR) is 265 cm³/mol. The third-order valence-electron chi connectivity index (χ3n) is 12.4. The van der Waals surface area contributed by atoms with Gasteiger partial charge in [-0.25, -0.2) is 0 Å². The summed E-state index contributed by atoms with van der Waals surface area (Å²) in [4.78, 5) is 3.87. The zero-order chi connectivity index (χ0) is 45.9. The van der Waals surface area contributed by atoms with E-state index in [0.29, 0.717) is 46.0 Å². The van der Waals surface area contributed by atoms with Crippen molar-refractivity contribution in [3.05, 3.63) is 128 Å². The number of hydrogen-bond donors (Lipinski definition) is 1. The van der Waals surface area contributed by atoms with Gasteiger partial charge in [0, 0.05) is 44.5 Å². The lowest BCUT2D eigenvalue weighted by Gasteiger charge is -2.26. The molecule has 0 amide bonds. The highest BCUT2D eigenvalue weighted by atomic mass is 31.3. The molecule has 0 saturated heterocycles. The Bertz CT molecular complexity index is 2750. The van der Waals surface area contributed by atoms with Crippen LogP contribution in [0.3, 0.4) is 0 Å². The quantitative estimate of drug-likeness (QED) is 0.150. The van der Waals surface area contributed by atoms with Crippen molar-refractivity contribution in [1.29, 1.82) is 0 Å². The molecular weight excluding hydrogens is 853 g/mol. The zero-order valence-corrected chi connectivity index (χ0v) is 41.6. The first-order valence-corrected chi connectivity index (χ1v) is 25.9. The van der Waals surface area contributed by atoms with E-state index in [9.17, 15) is 0 Å². The van der Waals surface area contributed by atoms with E-state index in [1.165, 1.54) is 0 Å². The molecule has 3 aliphatic heterocycles. The monoisotopic (exact) mass is 913 g/mol. The van der Waals surface area contributed by atoms with Crippen molar-refractivity contribution in [3.63, 3.8) is 0 Å². The van der Waals surface area contributed by atoms with Crippen LogP contribution in [0.5, 0.6) is 46.0 Å². The minimum atomic E-state index is -4.07. The molecule has 6 aromatic carbocycles. The Labute approximate surface area is 386 Å². The molecule has 1 N–H and O–H groups in total. The van der Waals surface area contributed by atoms with Crippen molar-refractivity contribution in [3.8, 4) is 79.4 Å². The lowest BCUT2D eigenvalue weighted by atomic mass is 9.94. The Hall–Kier alpha value is -5.46. The third kappa shape index (κ3) is 8.26. The summed E-state index contributed by atoms with van der Waals surface area (Å²) in [5, 5.41) is 0. The van der Waals surface area contributed by atoms with Gasteiger partial charge in [0.25, 0.3) is 0 Å². The van der Waals surface area contributed by atoms with Crippen LogP contribution >= 0.6 is 16.2 Å². The minimum absolute atomic E-state index is 0.609. The summed E-state index contributed by atoms with van der Waals surface area (Å²) in [5.41, 5.74) is 15.1. The molecule has 3 aliphatic rings. The van der Waals surface area contributed by atoms with Crippen molar-refractivity contribution in [2.24, 2.45) is 0 Å². The van der Waals surface area contributed by atoms with Crippen molar-refractivity contribution in [2.75, 3.05) is 14.2 Å². The van der Waals surface area contributed by atoms with Gasteiger partial charge in [-0.05, 0) is 174 Å². The molecule has 9 nitrogen and oxygen atoms in total. The number of rotatable bonds is 8. The molecule has 0 atom stereocenters. The smallest absolute Gasteiger partial charge is 0.497 e. The van der Waals surface area contributed by atoms with E-state index in [1.807, 2.05) is 12.1 Å². The number of benzene rings is 6. The number of hydrogen-bond acceptors (Lipinski definition) is 9. The molecule has 9 rings (SSSR count). The van der Waals surface area contributed by atoms with Crippen LogP contribution in [0.4, 0.5) is 0 Å². The number of aryl methyl sites for hydroxylation is 10. The summed E-state index contributed by atoms with van der Waals surface area (Å²) in [7, 11) is -4.68. The first kappa shape index (κ1) is 44.7. The Morgan fingerprint density at radius 2 is 0.662 bits per heavy atom. The molecule has 6 aromatic rings. The van der Waals surface area contributed by atoms with Crippen molar-refractivity contribution in [2.45, 2.75) is 108 Å². The van der Waals surface area contributed by atoms with Crippen molar-refractivity contribution < 1.29 is 36.6 Å². The molecule has 0 aromatic heterocycles. The number of fused-ring (bicyclic) bond motifs is 9. The highest BCUT2D eigenvalue weighted by Crippen LogP contribution is 2.76. The fourth-order valence-electron chi connectivity index (χ4n) is 9.48. The maximum atomic E-state index is 7.72. The summed E-state index contributed by atoms with van der Waals surface area (Å²) in [6.45, 7) is 21.1. The normalized spacial score (nSPS) is 14.8. The Morgan fingerprint density at radius 3 is 0.938 bits per heavy atom. The first-order chi connectivity index (χ1) is 31.2. The summed E-state index contributed by atoms with van der Waals surface area (Å²) in [5.74, 6) is 5.18. The number of unbranched alkanes of at least 4 members (excludes halogenated alkanes) is 2. The van der Waals surface area contributed by atoms with Crippen LogP contribution in [-0.2, 0) is 12.8 Å². The van der Waals surface area contributed by atoms with Crippen molar-refractivity contribution >= 4 is 16.2 Å². The minimum Gasteiger partial charge on any atom is -0.497 e. The van der Waals surface area contributed by atoms with Crippen LogP contribution in [0, 0.1) is 55.4 Å². The average molecular weight is 914 g/mol. The van der Waals surface area contributed by atoms with Gasteiger partial charge in [-0.1, -0.05) is 51.0 Å². The van der Waals surface area contributed by atoms with Gasteiger partial charge < -0.3 is 9.47 Å². The molecule has 338 valence electrons. The molecule has 0 saturated carbocycles. The largest absolute Gasteiger partial charge is 0.682 e. The number of methoxy groups -OCH3 is 2. The SMILES string of the molecule is CCCCc1cc(OC)cc2c1O[P+]1(N[P+]3(Oc4c(C)cc(C)cc4-c4cc(C)cc(C)c4O3)Oc3c(C)cc(C)cc3-c3cc(C)cc(C)c3O1)Oc1c(CCCC)cc(OC)cc1-2. The van der Waals surface area contributed by atoms with E-state index < -0.39 is 16.2 Å². The van der Waals surface area contributed by atoms with Crippen LogP contribution in [-0.4, -0.2) is 14.2 Å². The molecular formula is C54H61NO8P2+2. The zero-order valence-electron chi connectivity index (χ0n) is 39.8. The summed E-state index contributed by atoms with van der Waals surface area (Å²) in [6.07, 6.45) is 5.24. The molecule has 0 bridgehead atoms. The van der Waals surface area contributed by atoms with Gasteiger partial charge in [-0.3, -0.25) is 27.1 Å². The fourth-order valence-corrected chi connectivity index (χ4v) is 14.7. The Morgan fingerprint density at radius 1 is 0.385 bits per heavy atom. The van der Waals surface area contributed by atoms with E-state index >= 15 is 0 Å². The van der Waals surface area contributed by atoms with Crippen LogP contribution in [0.25, 0.3) is 33.4 Å². The lowest BCUT2D eigenvalue weighted by molar-refractivity contribution is 0.319. The molecule has 0 fully saturated rings. The van der Waals surface area contributed by atoms with Gasteiger partial charge in [-0.2, -0.15) is 0 Å². The molecule has 3 heterocycles. The van der Waals surface area contributed by atoms with Gasteiger partial charge in [-0.15, -0.1) is 0 Å². The first-order valence-electron chi connectivity index (χ1n) is 22.8. The lowest BCUT2D eigenvalue weighted by Crippen LogP contribution is -2.35. The number of ether oxygens (including phenoxy) is 2. The van der Waals surface area contributed by atoms with E-state index in [0.717, 1.165) is 128 Å². The van der Waals surface area contributed by atoms with Crippen molar-refractivity contribution in [1.82, 2.24) is 4.86 Å². The molecule has 65 heavy (non-hydrogen) atoms. The summed E-state index contributed by atoms with van der Waals surface area (Å²) in [6, 6.07) is 25.4. The van der Waals surface area contributed by atoms with Crippen LogP contribution in [0.1, 0.15) is 95.2 Å². The van der Waals surface area contributed by atoms with E-state index in [2.05, 4.69) is 135 Å². The number of nitrogens with one attached hydrogen (secondary N) is 1. The van der Waals surface area contributed by atoms with Gasteiger partial charge in [0.15, 0.2) is 34.5 Å². The Kier molecular flexibility index (Phi) is 12.0. The molecule has 0 radical (unpaired) electrons. The topological polar surface area (TPSA) is 85.9 Å². The maximum absolute atomic E-state index is 7.72. The van der Waals surface area contributed by atoms with E-state index in [4.69, 9.17) is 36.6 Å². The standard InChI is InChI=1S/C54H61NO8P2/c1-13-15-17-39-27-41(56-11)29-47-48-30-42(57-12)28-40(18-16-14-2)54(48)63-65(62-53(39)47)55-64(58-49-35(7)19-31(3)23-43(49)44-24-32(4)20-36(8)50(44)59-64)60-51-37(9)21-33(5)25-45(51)46-26-34(6)22-38(10)52(46)61-65/h19-30,55H,13-18H2,1-12H3/q+2.